The second-order valence-corrected chi connectivity index (χ2v) is 6.14. The Morgan fingerprint density at radius 1 is 0.962 bits per heavy atom. The molecule has 0 aliphatic carbocycles. The molecule has 136 valence electrons. The van der Waals surface area contributed by atoms with Gasteiger partial charge in [-0.15, -0.1) is 0 Å². The van der Waals surface area contributed by atoms with Crippen molar-refractivity contribution in [3.8, 4) is 11.5 Å². The number of halogens is 1. The van der Waals surface area contributed by atoms with Crippen LogP contribution in [0.1, 0.15) is 24.2 Å². The Bertz CT molecular complexity index is 800. The third kappa shape index (κ3) is 5.74. The molecule has 1 amide bonds. The maximum absolute atomic E-state index is 12.1. The van der Waals surface area contributed by atoms with Crippen LogP contribution in [0.5, 0.6) is 11.5 Å². The number of ketones is 1. The molecule has 0 aromatic heterocycles. The average Bonchev–Trinajstić information content (AvgIpc) is 2.63. The zero-order valence-electron chi connectivity index (χ0n) is 14.6. The molecule has 0 atom stereocenters. The van der Waals surface area contributed by atoms with Crippen molar-refractivity contribution in [1.29, 1.82) is 0 Å². The first-order valence-corrected chi connectivity index (χ1v) is 9.01. The van der Waals surface area contributed by atoms with Crippen LogP contribution in [0.3, 0.4) is 0 Å². The molecule has 0 saturated heterocycles. The van der Waals surface area contributed by atoms with Crippen LogP contribution in [0.15, 0.2) is 59.1 Å². The summed E-state index contributed by atoms with van der Waals surface area (Å²) in [5.41, 5.74) is 1.07. The molecule has 26 heavy (non-hydrogen) atoms. The van der Waals surface area contributed by atoms with E-state index in [0.29, 0.717) is 36.0 Å². The van der Waals surface area contributed by atoms with Crippen molar-refractivity contribution in [3.63, 3.8) is 0 Å². The number of hydrogen-bond donors (Lipinski definition) is 1. The summed E-state index contributed by atoms with van der Waals surface area (Å²) >= 11 is 3.31. The number of benzene rings is 2. The highest BCUT2D eigenvalue weighted by Gasteiger charge is 2.08. The van der Waals surface area contributed by atoms with E-state index in [0.717, 1.165) is 4.47 Å². The lowest BCUT2D eigenvalue weighted by Gasteiger charge is -2.12. The first-order valence-electron chi connectivity index (χ1n) is 8.22. The molecular weight excluding hydrogens is 398 g/mol. The predicted molar refractivity (Wildman–Crippen MR) is 105 cm³/mol. The van der Waals surface area contributed by atoms with E-state index in [4.69, 9.17) is 9.47 Å². The van der Waals surface area contributed by atoms with Crippen molar-refractivity contribution in [2.75, 3.05) is 18.5 Å². The standard InChI is InChI=1S/C20H20BrNO4/c1-3-25-18-11-9-16(13-19(18)26-4-2)22-20(24)12-10-17(23)14-5-7-15(21)8-6-14/h5-13H,3-4H2,1-2H3,(H,22,24)/b12-10+. The van der Waals surface area contributed by atoms with Crippen LogP contribution in [0.2, 0.25) is 0 Å². The molecule has 2 rings (SSSR count). The van der Waals surface area contributed by atoms with Gasteiger partial charge in [0.2, 0.25) is 5.91 Å². The lowest BCUT2D eigenvalue weighted by Crippen LogP contribution is -2.09. The molecule has 5 nitrogen and oxygen atoms in total. The van der Waals surface area contributed by atoms with Gasteiger partial charge in [-0.25, -0.2) is 0 Å². The minimum atomic E-state index is -0.401. The second kappa shape index (κ2) is 9.77. The molecule has 0 aliphatic heterocycles. The average molecular weight is 418 g/mol. The molecular formula is C20H20BrNO4. The van der Waals surface area contributed by atoms with Crippen molar-refractivity contribution in [3.05, 3.63) is 64.7 Å². The van der Waals surface area contributed by atoms with E-state index in [-0.39, 0.29) is 5.78 Å². The molecule has 0 aliphatic rings. The van der Waals surface area contributed by atoms with Crippen molar-refractivity contribution in [1.82, 2.24) is 0 Å². The van der Waals surface area contributed by atoms with Gasteiger partial charge in [-0.05, 0) is 56.3 Å². The minimum Gasteiger partial charge on any atom is -0.490 e. The number of allylic oxidation sites excluding steroid dienone is 1. The van der Waals surface area contributed by atoms with Crippen LogP contribution in [-0.2, 0) is 4.79 Å². The van der Waals surface area contributed by atoms with Crippen LogP contribution in [0, 0.1) is 0 Å². The van der Waals surface area contributed by atoms with Gasteiger partial charge in [0.05, 0.1) is 13.2 Å². The third-order valence-electron chi connectivity index (χ3n) is 3.33. The summed E-state index contributed by atoms with van der Waals surface area (Å²) in [4.78, 5) is 24.1. The summed E-state index contributed by atoms with van der Waals surface area (Å²) < 4.78 is 11.9. The number of hydrogen-bond acceptors (Lipinski definition) is 4. The highest BCUT2D eigenvalue weighted by Crippen LogP contribution is 2.30. The summed E-state index contributed by atoms with van der Waals surface area (Å²) in [6.07, 6.45) is 2.46. The molecule has 0 radical (unpaired) electrons. The fourth-order valence-corrected chi connectivity index (χ4v) is 2.44. The second-order valence-electron chi connectivity index (χ2n) is 5.22. The molecule has 0 spiro atoms. The smallest absolute Gasteiger partial charge is 0.248 e. The van der Waals surface area contributed by atoms with Gasteiger partial charge in [-0.2, -0.15) is 0 Å². The normalized spacial score (nSPS) is 10.6. The molecule has 0 heterocycles. The van der Waals surface area contributed by atoms with Crippen LogP contribution in [0.25, 0.3) is 0 Å². The summed E-state index contributed by atoms with van der Waals surface area (Å²) in [6, 6.07) is 12.1. The Labute approximate surface area is 161 Å². The Morgan fingerprint density at radius 3 is 2.27 bits per heavy atom. The maximum atomic E-state index is 12.1. The van der Waals surface area contributed by atoms with E-state index in [1.54, 1.807) is 42.5 Å². The number of carbonyl (C=O) groups is 2. The van der Waals surface area contributed by atoms with E-state index >= 15 is 0 Å². The van der Waals surface area contributed by atoms with Gasteiger partial charge >= 0.3 is 0 Å². The molecule has 0 bridgehead atoms. The van der Waals surface area contributed by atoms with Crippen molar-refractivity contribution < 1.29 is 19.1 Å². The van der Waals surface area contributed by atoms with E-state index in [2.05, 4.69) is 21.2 Å². The topological polar surface area (TPSA) is 64.6 Å². The minimum absolute atomic E-state index is 0.241. The zero-order valence-corrected chi connectivity index (χ0v) is 16.2. The number of rotatable bonds is 8. The molecule has 1 N–H and O–H groups in total. The van der Waals surface area contributed by atoms with E-state index in [9.17, 15) is 9.59 Å². The monoisotopic (exact) mass is 417 g/mol. The van der Waals surface area contributed by atoms with Crippen LogP contribution >= 0.6 is 15.9 Å². The zero-order chi connectivity index (χ0) is 18.9. The number of anilines is 1. The SMILES string of the molecule is CCOc1ccc(NC(=O)/C=C/C(=O)c2ccc(Br)cc2)cc1OCC. The molecule has 6 heteroatoms. The summed E-state index contributed by atoms with van der Waals surface area (Å²) in [5.74, 6) is 0.534. The van der Waals surface area contributed by atoms with Crippen molar-refractivity contribution in [2.24, 2.45) is 0 Å². The van der Waals surface area contributed by atoms with E-state index in [1.165, 1.54) is 12.2 Å². The Morgan fingerprint density at radius 2 is 1.62 bits per heavy atom. The summed E-state index contributed by atoms with van der Waals surface area (Å²) in [6.45, 7) is 4.77. The Kier molecular flexibility index (Phi) is 7.41. The first-order chi connectivity index (χ1) is 12.5. The number of amides is 1. The van der Waals surface area contributed by atoms with Gasteiger partial charge in [0, 0.05) is 27.9 Å². The largest absolute Gasteiger partial charge is 0.490 e. The molecule has 2 aromatic carbocycles. The van der Waals surface area contributed by atoms with Crippen LogP contribution in [-0.4, -0.2) is 24.9 Å². The molecule has 0 unspecified atom stereocenters. The molecule has 0 fully saturated rings. The van der Waals surface area contributed by atoms with Crippen molar-refractivity contribution in [2.45, 2.75) is 13.8 Å². The van der Waals surface area contributed by atoms with Gasteiger partial charge in [0.1, 0.15) is 0 Å². The fraction of sp³-hybridized carbons (Fsp3) is 0.200. The van der Waals surface area contributed by atoms with Crippen LogP contribution in [0.4, 0.5) is 5.69 Å². The van der Waals surface area contributed by atoms with E-state index in [1.807, 2.05) is 13.8 Å². The number of carbonyl (C=O) groups excluding carboxylic acids is 2. The lowest BCUT2D eigenvalue weighted by atomic mass is 10.1. The quantitative estimate of drug-likeness (QED) is 0.502. The van der Waals surface area contributed by atoms with Gasteiger partial charge < -0.3 is 14.8 Å². The third-order valence-corrected chi connectivity index (χ3v) is 3.85. The maximum Gasteiger partial charge on any atom is 0.248 e. The summed E-state index contributed by atoms with van der Waals surface area (Å²) in [7, 11) is 0. The highest BCUT2D eigenvalue weighted by atomic mass is 79.9. The summed E-state index contributed by atoms with van der Waals surface area (Å²) in [5, 5.41) is 2.70. The highest BCUT2D eigenvalue weighted by molar-refractivity contribution is 9.10. The van der Waals surface area contributed by atoms with E-state index < -0.39 is 5.91 Å². The van der Waals surface area contributed by atoms with Gasteiger partial charge in [0.15, 0.2) is 17.3 Å². The van der Waals surface area contributed by atoms with Crippen LogP contribution < -0.4 is 14.8 Å². The molecule has 2 aromatic rings. The fourth-order valence-electron chi connectivity index (χ4n) is 2.17. The van der Waals surface area contributed by atoms with Crippen molar-refractivity contribution >= 4 is 33.3 Å². The first kappa shape index (κ1) is 19.7. The number of nitrogens with one attached hydrogen (secondary N) is 1. The predicted octanol–water partition coefficient (Wildman–Crippen LogP) is 4.62. The Hall–Kier alpha value is -2.60. The Balaban J connectivity index is 2.03. The number of ether oxygens (including phenoxy) is 2. The lowest BCUT2D eigenvalue weighted by molar-refractivity contribution is -0.111. The van der Waals surface area contributed by atoms with Gasteiger partial charge in [-0.3, -0.25) is 9.59 Å². The molecule has 0 saturated carbocycles. The van der Waals surface area contributed by atoms with Gasteiger partial charge in [0.25, 0.3) is 0 Å². The van der Waals surface area contributed by atoms with Gasteiger partial charge in [-0.1, -0.05) is 15.9 Å².